The number of amides is 2. The van der Waals surface area contributed by atoms with Crippen LogP contribution in [0.3, 0.4) is 0 Å². The largest absolute Gasteiger partial charge is 0.366 e. The van der Waals surface area contributed by atoms with Crippen molar-refractivity contribution in [3.63, 3.8) is 0 Å². The monoisotopic (exact) mass is 388 g/mol. The van der Waals surface area contributed by atoms with E-state index in [-0.39, 0.29) is 11.8 Å². The Hall–Kier alpha value is -3.68. The molecule has 0 spiro atoms. The van der Waals surface area contributed by atoms with Crippen LogP contribution in [0.5, 0.6) is 0 Å². The molecule has 1 aliphatic heterocycles. The lowest BCUT2D eigenvalue weighted by Crippen LogP contribution is -2.39. The number of hydrogen-bond acceptors (Lipinski definition) is 6. The van der Waals surface area contributed by atoms with Gasteiger partial charge in [-0.1, -0.05) is 12.1 Å². The lowest BCUT2D eigenvalue weighted by Gasteiger charge is -2.32. The van der Waals surface area contributed by atoms with Crippen molar-refractivity contribution in [1.82, 2.24) is 24.8 Å². The fraction of sp³-hybridized carbons (Fsp3) is 0.238. The van der Waals surface area contributed by atoms with Gasteiger partial charge in [-0.15, -0.1) is 0 Å². The van der Waals surface area contributed by atoms with Crippen LogP contribution in [0.25, 0.3) is 11.3 Å². The van der Waals surface area contributed by atoms with Crippen LogP contribution in [0.15, 0.2) is 55.2 Å². The molecule has 1 aliphatic rings. The van der Waals surface area contributed by atoms with Crippen LogP contribution in [-0.2, 0) is 0 Å². The molecule has 3 aromatic rings. The number of piperidine rings is 1. The average molecular weight is 388 g/mol. The number of carbonyl (C=O) groups excluding carboxylic acids is 2. The van der Waals surface area contributed by atoms with E-state index < -0.39 is 5.91 Å². The third-order valence-corrected chi connectivity index (χ3v) is 5.02. The van der Waals surface area contributed by atoms with Crippen molar-refractivity contribution in [2.45, 2.75) is 18.8 Å². The number of nitrogens with zero attached hydrogens (tertiary/aromatic N) is 5. The summed E-state index contributed by atoms with van der Waals surface area (Å²) >= 11 is 0. The predicted octanol–water partition coefficient (Wildman–Crippen LogP) is 2.05. The molecule has 0 unspecified atom stereocenters. The molecular weight excluding hydrogens is 368 g/mol. The number of likely N-dealkylation sites (tertiary alicyclic amines) is 1. The van der Waals surface area contributed by atoms with Crippen molar-refractivity contribution in [1.29, 1.82) is 0 Å². The Labute approximate surface area is 167 Å². The van der Waals surface area contributed by atoms with E-state index in [1.165, 1.54) is 12.4 Å². The van der Waals surface area contributed by atoms with E-state index in [1.807, 2.05) is 6.07 Å². The molecule has 2 amide bonds. The lowest BCUT2D eigenvalue weighted by molar-refractivity contribution is 0.0699. The van der Waals surface area contributed by atoms with Gasteiger partial charge in [-0.3, -0.25) is 24.5 Å². The van der Waals surface area contributed by atoms with Gasteiger partial charge in [0.1, 0.15) is 5.69 Å². The summed E-state index contributed by atoms with van der Waals surface area (Å²) in [5.74, 6) is -0.593. The molecule has 4 rings (SSSR count). The fourth-order valence-electron chi connectivity index (χ4n) is 3.65. The average Bonchev–Trinajstić information content (AvgIpc) is 2.79. The molecule has 1 saturated heterocycles. The SMILES string of the molecule is NC(=O)c1cccc(-c2nccnc2[C@H]2CCCN(C(=O)c3cnccn3)C2)c1. The first-order valence-corrected chi connectivity index (χ1v) is 9.40. The van der Waals surface area contributed by atoms with Gasteiger partial charge in [-0.05, 0) is 25.0 Å². The van der Waals surface area contributed by atoms with Gasteiger partial charge in [0.05, 0.1) is 17.6 Å². The number of primary amides is 1. The molecule has 0 aliphatic carbocycles. The molecule has 3 heterocycles. The van der Waals surface area contributed by atoms with Crippen LogP contribution in [0.2, 0.25) is 0 Å². The molecule has 1 atom stereocenters. The summed E-state index contributed by atoms with van der Waals surface area (Å²) in [7, 11) is 0. The first-order valence-electron chi connectivity index (χ1n) is 9.40. The topological polar surface area (TPSA) is 115 Å². The molecule has 1 aromatic carbocycles. The minimum Gasteiger partial charge on any atom is -0.366 e. The highest BCUT2D eigenvalue weighted by molar-refractivity contribution is 5.94. The van der Waals surface area contributed by atoms with Crippen molar-refractivity contribution >= 4 is 11.8 Å². The molecule has 2 N–H and O–H groups in total. The Bertz CT molecular complexity index is 1040. The zero-order valence-corrected chi connectivity index (χ0v) is 15.7. The van der Waals surface area contributed by atoms with E-state index in [1.54, 1.807) is 41.7 Å². The van der Waals surface area contributed by atoms with Crippen LogP contribution in [-0.4, -0.2) is 49.7 Å². The Kier molecular flexibility index (Phi) is 5.24. The van der Waals surface area contributed by atoms with Crippen LogP contribution in [0.1, 0.15) is 45.3 Å². The van der Waals surface area contributed by atoms with Gasteiger partial charge in [0.15, 0.2) is 0 Å². The molecule has 8 heteroatoms. The Morgan fingerprint density at radius 1 is 1.07 bits per heavy atom. The summed E-state index contributed by atoms with van der Waals surface area (Å²) in [5, 5.41) is 0. The summed E-state index contributed by atoms with van der Waals surface area (Å²) in [5.41, 5.74) is 8.47. The standard InChI is InChI=1S/C21H20N6O2/c22-20(28)15-4-1-3-14(11-15)18-19(26-9-8-25-18)16-5-2-10-27(13-16)21(29)17-12-23-6-7-24-17/h1,3-4,6-9,11-12,16H,2,5,10,13H2,(H2,22,28)/t16-/m0/s1. The second-order valence-corrected chi connectivity index (χ2v) is 6.92. The van der Waals surface area contributed by atoms with Crippen molar-refractivity contribution in [2.75, 3.05) is 13.1 Å². The number of nitrogens with two attached hydrogens (primary N) is 1. The Morgan fingerprint density at radius 2 is 1.90 bits per heavy atom. The highest BCUT2D eigenvalue weighted by Crippen LogP contribution is 2.32. The van der Waals surface area contributed by atoms with E-state index in [0.717, 1.165) is 24.1 Å². The van der Waals surface area contributed by atoms with Gasteiger partial charge >= 0.3 is 0 Å². The van der Waals surface area contributed by atoms with E-state index in [2.05, 4.69) is 19.9 Å². The van der Waals surface area contributed by atoms with Gasteiger partial charge < -0.3 is 10.6 Å². The van der Waals surface area contributed by atoms with Crippen LogP contribution < -0.4 is 5.73 Å². The highest BCUT2D eigenvalue weighted by Gasteiger charge is 2.29. The molecule has 0 bridgehead atoms. The van der Waals surface area contributed by atoms with E-state index >= 15 is 0 Å². The summed E-state index contributed by atoms with van der Waals surface area (Å²) in [4.78, 5) is 43.3. The molecular formula is C21H20N6O2. The molecule has 0 radical (unpaired) electrons. The number of hydrogen-bond donors (Lipinski definition) is 1. The van der Waals surface area contributed by atoms with Crippen molar-refractivity contribution in [3.05, 3.63) is 72.2 Å². The second-order valence-electron chi connectivity index (χ2n) is 6.92. The van der Waals surface area contributed by atoms with Crippen LogP contribution in [0.4, 0.5) is 0 Å². The molecule has 146 valence electrons. The molecule has 2 aromatic heterocycles. The van der Waals surface area contributed by atoms with Gasteiger partial charge in [0, 0.05) is 54.9 Å². The Morgan fingerprint density at radius 3 is 2.69 bits per heavy atom. The summed E-state index contributed by atoms with van der Waals surface area (Å²) in [6.45, 7) is 1.19. The van der Waals surface area contributed by atoms with Crippen molar-refractivity contribution in [3.8, 4) is 11.3 Å². The summed E-state index contributed by atoms with van der Waals surface area (Å²) in [6.07, 6.45) is 9.57. The summed E-state index contributed by atoms with van der Waals surface area (Å²) < 4.78 is 0. The third kappa shape index (κ3) is 3.96. The number of rotatable bonds is 4. The van der Waals surface area contributed by atoms with Crippen LogP contribution >= 0.6 is 0 Å². The predicted molar refractivity (Wildman–Crippen MR) is 106 cm³/mol. The molecule has 8 nitrogen and oxygen atoms in total. The van der Waals surface area contributed by atoms with Gasteiger partial charge in [0.2, 0.25) is 5.91 Å². The number of carbonyl (C=O) groups is 2. The maximum Gasteiger partial charge on any atom is 0.274 e. The van der Waals surface area contributed by atoms with Gasteiger partial charge in [-0.2, -0.15) is 0 Å². The van der Waals surface area contributed by atoms with Gasteiger partial charge in [0.25, 0.3) is 5.91 Å². The van der Waals surface area contributed by atoms with E-state index in [4.69, 9.17) is 5.73 Å². The second kappa shape index (κ2) is 8.14. The summed E-state index contributed by atoms with van der Waals surface area (Å²) in [6, 6.07) is 7.05. The maximum atomic E-state index is 12.8. The van der Waals surface area contributed by atoms with Crippen molar-refractivity contribution < 1.29 is 9.59 Å². The molecule has 1 fully saturated rings. The minimum absolute atomic E-state index is 0.0327. The minimum atomic E-state index is -0.490. The fourth-order valence-corrected chi connectivity index (χ4v) is 3.65. The zero-order valence-electron chi connectivity index (χ0n) is 15.7. The zero-order chi connectivity index (χ0) is 20.2. The number of benzene rings is 1. The quantitative estimate of drug-likeness (QED) is 0.731. The molecule has 29 heavy (non-hydrogen) atoms. The highest BCUT2D eigenvalue weighted by atomic mass is 16.2. The first-order chi connectivity index (χ1) is 14.1. The normalized spacial score (nSPS) is 16.4. The Balaban J connectivity index is 1.63. The number of aromatic nitrogens is 4. The third-order valence-electron chi connectivity index (χ3n) is 5.02. The maximum absolute atomic E-state index is 12.8. The lowest BCUT2D eigenvalue weighted by atomic mass is 9.91. The van der Waals surface area contributed by atoms with Crippen molar-refractivity contribution in [2.24, 2.45) is 5.73 Å². The first kappa shape index (κ1) is 18.7. The smallest absolute Gasteiger partial charge is 0.274 e. The van der Waals surface area contributed by atoms with Crippen LogP contribution in [0, 0.1) is 0 Å². The van der Waals surface area contributed by atoms with E-state index in [0.29, 0.717) is 30.0 Å². The van der Waals surface area contributed by atoms with E-state index in [9.17, 15) is 9.59 Å². The van der Waals surface area contributed by atoms with Gasteiger partial charge in [-0.25, -0.2) is 4.98 Å². The molecule has 0 saturated carbocycles.